The van der Waals surface area contributed by atoms with Crippen molar-refractivity contribution in [2.75, 3.05) is 0 Å². The zero-order valence-corrected chi connectivity index (χ0v) is 21.8. The Kier molecular flexibility index (Phi) is 16.3. The zero-order chi connectivity index (χ0) is 23.6. The highest BCUT2D eigenvalue weighted by atomic mass is 127. The van der Waals surface area contributed by atoms with E-state index >= 15 is 0 Å². The zero-order valence-electron chi connectivity index (χ0n) is 19.7. The molecule has 0 fully saturated rings. The van der Waals surface area contributed by atoms with E-state index in [9.17, 15) is 22.9 Å². The van der Waals surface area contributed by atoms with E-state index in [0.717, 1.165) is 19.3 Å². The van der Waals surface area contributed by atoms with E-state index in [1.165, 1.54) is 95.6 Å². The monoisotopic (exact) mass is 560 g/mol. The lowest BCUT2D eigenvalue weighted by molar-refractivity contribution is 0.0679. The summed E-state index contributed by atoms with van der Waals surface area (Å²) < 4.78 is 11.5. The Hall–Kier alpha value is -1.31. The molecule has 0 atom stereocenters. The van der Waals surface area contributed by atoms with Crippen LogP contribution in [0.1, 0.15) is 136 Å². The topological polar surface area (TPSA) is 91.7 Å². The second-order valence-electron chi connectivity index (χ2n) is 8.73. The minimum Gasteiger partial charge on any atom is -0.478 e. The van der Waals surface area contributed by atoms with Crippen molar-refractivity contribution in [3.05, 3.63) is 32.4 Å². The Balaban J connectivity index is 2.15. The first-order chi connectivity index (χ1) is 15.5. The van der Waals surface area contributed by atoms with Gasteiger partial charge in [0.2, 0.25) is 0 Å². The molecule has 32 heavy (non-hydrogen) atoms. The van der Waals surface area contributed by atoms with Gasteiger partial charge in [-0.05, 0) is 30.5 Å². The van der Waals surface area contributed by atoms with Crippen molar-refractivity contribution in [3.8, 4) is 0 Å². The maximum absolute atomic E-state index is 11.5. The summed E-state index contributed by atoms with van der Waals surface area (Å²) in [7, 11) is 0. The van der Waals surface area contributed by atoms with E-state index < -0.39 is 33.1 Å². The van der Waals surface area contributed by atoms with Crippen molar-refractivity contribution < 1.29 is 22.9 Å². The van der Waals surface area contributed by atoms with E-state index in [-0.39, 0.29) is 14.7 Å². The van der Waals surface area contributed by atoms with Crippen molar-refractivity contribution in [1.82, 2.24) is 0 Å². The van der Waals surface area contributed by atoms with Gasteiger partial charge in [0.1, 0.15) is 0 Å². The number of hydrogen-bond acceptors (Lipinski definition) is 3. The van der Waals surface area contributed by atoms with Crippen LogP contribution < -0.4 is 0 Å². The van der Waals surface area contributed by atoms with Gasteiger partial charge in [-0.2, -0.15) is 0 Å². The normalized spacial score (nSPS) is 11.0. The van der Waals surface area contributed by atoms with Gasteiger partial charge in [-0.1, -0.05) is 103 Å². The van der Waals surface area contributed by atoms with Crippen molar-refractivity contribution >= 4 is 33.1 Å². The number of carboxylic acid groups (broad SMARTS) is 2. The van der Waals surface area contributed by atoms with Crippen molar-refractivity contribution in [3.63, 3.8) is 0 Å². The molecule has 1 rings (SSSR count). The smallest absolute Gasteiger partial charge is 0.336 e. The summed E-state index contributed by atoms with van der Waals surface area (Å²) in [5.74, 6) is -2.24. The molecule has 1 aromatic carbocycles. The maximum Gasteiger partial charge on any atom is 0.336 e. The average Bonchev–Trinajstić information content (AvgIpc) is 2.78. The lowest BCUT2D eigenvalue weighted by Gasteiger charge is -2.09. The molecule has 182 valence electrons. The molecule has 0 bridgehead atoms. The minimum absolute atomic E-state index is 0.0238. The second-order valence-corrected chi connectivity index (χ2v) is 10.3. The van der Waals surface area contributed by atoms with Crippen LogP contribution in [0.5, 0.6) is 0 Å². The molecule has 0 spiro atoms. The molecular weight excluding hydrogens is 519 g/mol. The van der Waals surface area contributed by atoms with Crippen LogP contribution in [0, 0.1) is 3.57 Å². The van der Waals surface area contributed by atoms with E-state index in [1.54, 1.807) is 0 Å². The van der Waals surface area contributed by atoms with E-state index in [0.29, 0.717) is 12.0 Å². The fourth-order valence-electron chi connectivity index (χ4n) is 4.12. The van der Waals surface area contributed by atoms with Crippen LogP contribution in [0.4, 0.5) is 0 Å². The van der Waals surface area contributed by atoms with Crippen LogP contribution >= 0.6 is 21.2 Å². The van der Waals surface area contributed by atoms with E-state index in [1.807, 2.05) is 0 Å². The predicted octanol–water partition coefficient (Wildman–Crippen LogP) is 8.37. The molecule has 0 unspecified atom stereocenters. The number of halogens is 1. The van der Waals surface area contributed by atoms with E-state index in [4.69, 9.17) is 0 Å². The molecule has 0 radical (unpaired) electrons. The summed E-state index contributed by atoms with van der Waals surface area (Å²) >= 11 is -1.73. The van der Waals surface area contributed by atoms with Crippen LogP contribution in [0.2, 0.25) is 0 Å². The Morgan fingerprint density at radius 3 is 1.44 bits per heavy atom. The fourth-order valence-corrected chi connectivity index (χ4v) is 5.18. The van der Waals surface area contributed by atoms with Crippen LogP contribution in [-0.4, -0.2) is 22.2 Å². The van der Waals surface area contributed by atoms with E-state index in [2.05, 4.69) is 6.92 Å². The second kappa shape index (κ2) is 18.2. The van der Waals surface area contributed by atoms with Gasteiger partial charge in [0.25, 0.3) is 0 Å². The molecule has 0 aliphatic carbocycles. The number of carbonyl (C=O) groups is 2. The van der Waals surface area contributed by atoms with Crippen molar-refractivity contribution in [1.29, 1.82) is 0 Å². The molecule has 5 nitrogen and oxygen atoms in total. The quantitative estimate of drug-likeness (QED) is 0.123. The van der Waals surface area contributed by atoms with Gasteiger partial charge in [-0.3, -0.25) is 3.07 Å². The molecule has 0 aliphatic rings. The largest absolute Gasteiger partial charge is 0.478 e. The van der Waals surface area contributed by atoms with Gasteiger partial charge < -0.3 is 10.2 Å². The summed E-state index contributed by atoms with van der Waals surface area (Å²) in [5, 5.41) is 18.7. The molecule has 0 aliphatic heterocycles. The minimum atomic E-state index is -1.73. The molecule has 1 aromatic rings. The maximum atomic E-state index is 11.5. The summed E-state index contributed by atoms with van der Waals surface area (Å²) in [6.07, 6.45) is 21.0. The average molecular weight is 561 g/mol. The Labute approximate surface area is 204 Å². The Morgan fingerprint density at radius 2 is 1.06 bits per heavy atom. The number of unbranched alkanes of at least 4 members (excludes halogenated alkanes) is 15. The van der Waals surface area contributed by atoms with Crippen LogP contribution in [0.25, 0.3) is 0 Å². The van der Waals surface area contributed by atoms with Gasteiger partial charge in [0.05, 0.1) is 14.7 Å². The highest BCUT2D eigenvalue weighted by Gasteiger charge is 2.18. The third-order valence-electron chi connectivity index (χ3n) is 6.04. The molecule has 0 amide bonds. The molecule has 0 heterocycles. The molecule has 0 saturated heterocycles. The fraction of sp³-hybridized carbons (Fsp3) is 0.692. The number of carboxylic acids is 2. The molecular formula is C26H41IO5. The van der Waals surface area contributed by atoms with Crippen molar-refractivity contribution in [2.24, 2.45) is 0 Å². The number of aromatic carboxylic acids is 2. The molecule has 6 heteroatoms. The summed E-state index contributed by atoms with van der Waals surface area (Å²) in [5.41, 5.74) is 0.590. The highest BCUT2D eigenvalue weighted by Crippen LogP contribution is 2.24. The lowest BCUT2D eigenvalue weighted by Crippen LogP contribution is -2.08. The standard InChI is InChI=1S/C26H41IO5/c1-2-3-4-5-6-7-8-9-10-11-12-13-14-15-16-17-18-21-19-23(26(30)31)24(27-32)20-22(21)25(28)29/h19-20H,2-18H2,1H3,(H,28,29)(H,30,31). The SMILES string of the molecule is CCCCCCCCCCCCCCCCCCc1cc(C(=O)O)c(I=O)cc1C(=O)O. The van der Waals surface area contributed by atoms with Gasteiger partial charge in [-0.15, -0.1) is 0 Å². The Bertz CT molecular complexity index is 702. The summed E-state index contributed by atoms with van der Waals surface area (Å²) in [6, 6.07) is 2.69. The number of rotatable bonds is 20. The summed E-state index contributed by atoms with van der Waals surface area (Å²) in [6.45, 7) is 2.26. The number of benzene rings is 1. The number of aryl methyl sites for hydroxylation is 1. The first kappa shape index (κ1) is 28.7. The molecule has 0 saturated carbocycles. The van der Waals surface area contributed by atoms with Gasteiger partial charge in [0, 0.05) is 0 Å². The van der Waals surface area contributed by atoms with Crippen LogP contribution in [0.15, 0.2) is 12.1 Å². The van der Waals surface area contributed by atoms with Crippen molar-refractivity contribution in [2.45, 2.75) is 116 Å². The van der Waals surface area contributed by atoms with Crippen LogP contribution in [0.3, 0.4) is 0 Å². The number of hydrogen-bond donors (Lipinski definition) is 2. The lowest BCUT2D eigenvalue weighted by atomic mass is 9.98. The first-order valence-corrected chi connectivity index (χ1v) is 14.4. The van der Waals surface area contributed by atoms with Gasteiger partial charge >= 0.3 is 11.9 Å². The summed E-state index contributed by atoms with van der Waals surface area (Å²) in [4.78, 5) is 22.9. The van der Waals surface area contributed by atoms with Crippen LogP contribution in [-0.2, 0) is 9.49 Å². The predicted molar refractivity (Wildman–Crippen MR) is 137 cm³/mol. The highest BCUT2D eigenvalue weighted by molar-refractivity contribution is 14.1. The first-order valence-electron chi connectivity index (χ1n) is 12.4. The molecule has 2 N–H and O–H groups in total. The Morgan fingerprint density at radius 1 is 0.656 bits per heavy atom. The molecule has 0 aromatic heterocycles. The third-order valence-corrected chi connectivity index (χ3v) is 7.40. The van der Waals surface area contributed by atoms with Gasteiger partial charge in [0.15, 0.2) is 21.2 Å². The van der Waals surface area contributed by atoms with Gasteiger partial charge in [-0.25, -0.2) is 9.59 Å². The third kappa shape index (κ3) is 12.1.